The van der Waals surface area contributed by atoms with Gasteiger partial charge in [-0.15, -0.1) is 0 Å². The van der Waals surface area contributed by atoms with Crippen molar-refractivity contribution in [3.05, 3.63) is 71.3 Å². The number of carboxylic acid groups (broad SMARTS) is 1. The molecule has 2 amide bonds. The summed E-state index contributed by atoms with van der Waals surface area (Å²) in [5.41, 5.74) is 3.68. The van der Waals surface area contributed by atoms with Gasteiger partial charge in [-0.1, -0.05) is 54.6 Å². The van der Waals surface area contributed by atoms with Crippen LogP contribution in [-0.4, -0.2) is 53.7 Å². The number of amides is 2. The second-order valence-electron chi connectivity index (χ2n) is 9.20. The van der Waals surface area contributed by atoms with Crippen LogP contribution in [0.1, 0.15) is 42.4 Å². The van der Waals surface area contributed by atoms with Gasteiger partial charge in [0.2, 0.25) is 5.91 Å². The molecule has 6 nitrogen and oxygen atoms in total. The third-order valence-corrected chi connectivity index (χ3v) is 6.89. The summed E-state index contributed by atoms with van der Waals surface area (Å²) in [6.07, 6.45) is 3.85. The van der Waals surface area contributed by atoms with Gasteiger partial charge in [-0.05, 0) is 69.8 Å². The Balaban J connectivity index is 1.63. The number of hydrogen-bond acceptors (Lipinski definition) is 3. The molecule has 32 heavy (non-hydrogen) atoms. The molecule has 172 valence electrons. The van der Waals surface area contributed by atoms with Crippen LogP contribution in [0, 0.1) is 6.92 Å². The zero-order valence-corrected chi connectivity index (χ0v) is 19.3. The molecule has 0 aromatic heterocycles. The van der Waals surface area contributed by atoms with Gasteiger partial charge in [-0.3, -0.25) is 4.79 Å². The van der Waals surface area contributed by atoms with Crippen molar-refractivity contribution >= 4 is 12.0 Å². The van der Waals surface area contributed by atoms with Gasteiger partial charge in [0.25, 0.3) is 0 Å². The van der Waals surface area contributed by atoms with Crippen LogP contribution in [0.25, 0.3) is 0 Å². The minimum atomic E-state index is -1.19. The molecule has 0 bridgehead atoms. The summed E-state index contributed by atoms with van der Waals surface area (Å²) in [6, 6.07) is 17.3. The smallest absolute Gasteiger partial charge is 0.405 e. The molecule has 0 spiro atoms. The third-order valence-electron chi connectivity index (χ3n) is 6.89. The molecule has 1 unspecified atom stereocenters. The predicted molar refractivity (Wildman–Crippen MR) is 127 cm³/mol. The maximum absolute atomic E-state index is 12.9. The Morgan fingerprint density at radius 3 is 2.28 bits per heavy atom. The van der Waals surface area contributed by atoms with Crippen LogP contribution in [-0.2, 0) is 17.6 Å². The summed E-state index contributed by atoms with van der Waals surface area (Å²) in [5.74, 6) is -0.252. The van der Waals surface area contributed by atoms with E-state index < -0.39 is 12.1 Å². The van der Waals surface area contributed by atoms with Crippen LogP contribution in [0.3, 0.4) is 0 Å². The summed E-state index contributed by atoms with van der Waals surface area (Å²) in [7, 11) is 4.29. The van der Waals surface area contributed by atoms with E-state index in [1.165, 1.54) is 11.1 Å². The highest BCUT2D eigenvalue weighted by atomic mass is 16.4. The summed E-state index contributed by atoms with van der Waals surface area (Å²) in [4.78, 5) is 26.5. The quantitative estimate of drug-likeness (QED) is 0.587. The van der Waals surface area contributed by atoms with E-state index in [1.807, 2.05) is 30.3 Å². The first-order valence-corrected chi connectivity index (χ1v) is 11.3. The molecule has 1 aliphatic carbocycles. The fourth-order valence-electron chi connectivity index (χ4n) is 4.75. The van der Waals surface area contributed by atoms with Gasteiger partial charge in [-0.2, -0.15) is 0 Å². The monoisotopic (exact) mass is 437 g/mol. The molecule has 2 aromatic carbocycles. The van der Waals surface area contributed by atoms with Gasteiger partial charge in [0.05, 0.1) is 0 Å². The van der Waals surface area contributed by atoms with Gasteiger partial charge in [0.1, 0.15) is 6.04 Å². The van der Waals surface area contributed by atoms with Gasteiger partial charge < -0.3 is 20.6 Å². The third kappa shape index (κ3) is 6.10. The number of benzene rings is 2. The van der Waals surface area contributed by atoms with Crippen LogP contribution in [0.4, 0.5) is 4.79 Å². The van der Waals surface area contributed by atoms with Crippen LogP contribution in [0.5, 0.6) is 0 Å². The largest absolute Gasteiger partial charge is 0.465 e. The summed E-state index contributed by atoms with van der Waals surface area (Å²) < 4.78 is 0. The van der Waals surface area contributed by atoms with Crippen molar-refractivity contribution in [1.82, 2.24) is 15.5 Å². The van der Waals surface area contributed by atoms with E-state index in [1.54, 1.807) is 0 Å². The SMILES string of the molecule is Cc1ccccc1CC1(N(C)C)CCC(NC(=O)C(Cc2ccccc2)NC(=O)O)CC1. The molecule has 0 aliphatic heterocycles. The number of rotatable bonds is 8. The molecule has 3 rings (SSSR count). The van der Waals surface area contributed by atoms with Crippen molar-refractivity contribution in [3.63, 3.8) is 0 Å². The lowest BCUT2D eigenvalue weighted by molar-refractivity contribution is -0.124. The molecule has 1 saturated carbocycles. The number of nitrogens with one attached hydrogen (secondary N) is 2. The molecule has 6 heteroatoms. The van der Waals surface area contributed by atoms with E-state index >= 15 is 0 Å². The van der Waals surface area contributed by atoms with Crippen LogP contribution in [0.2, 0.25) is 0 Å². The standard InChI is InChI=1S/C26H35N3O3/c1-19-9-7-8-12-21(19)18-26(29(2)3)15-13-22(14-16-26)27-24(30)23(28-25(31)32)17-20-10-5-4-6-11-20/h4-12,22-23,28H,13-18H2,1-3H3,(H,27,30)(H,31,32). The molecule has 0 saturated heterocycles. The fourth-order valence-corrected chi connectivity index (χ4v) is 4.75. The average Bonchev–Trinajstić information content (AvgIpc) is 2.76. The van der Waals surface area contributed by atoms with E-state index in [-0.39, 0.29) is 17.5 Å². The van der Waals surface area contributed by atoms with Gasteiger partial charge in [0, 0.05) is 18.0 Å². The number of nitrogens with zero attached hydrogens (tertiary/aromatic N) is 1. The minimum Gasteiger partial charge on any atom is -0.465 e. The highest BCUT2D eigenvalue weighted by molar-refractivity contribution is 5.85. The summed E-state index contributed by atoms with van der Waals surface area (Å²) in [5, 5.41) is 14.7. The Labute approximate surface area is 191 Å². The lowest BCUT2D eigenvalue weighted by Gasteiger charge is -2.46. The number of hydrogen-bond donors (Lipinski definition) is 3. The lowest BCUT2D eigenvalue weighted by Crippen LogP contribution is -2.55. The van der Waals surface area contributed by atoms with E-state index in [0.29, 0.717) is 6.42 Å². The molecule has 1 fully saturated rings. The number of aryl methyl sites for hydroxylation is 1. The van der Waals surface area contributed by atoms with Crippen molar-refractivity contribution in [2.24, 2.45) is 0 Å². The van der Waals surface area contributed by atoms with Crippen LogP contribution in [0.15, 0.2) is 54.6 Å². The van der Waals surface area contributed by atoms with Gasteiger partial charge in [0.15, 0.2) is 0 Å². The van der Waals surface area contributed by atoms with Crippen molar-refractivity contribution in [2.75, 3.05) is 14.1 Å². The Kier molecular flexibility index (Phi) is 7.91. The van der Waals surface area contributed by atoms with Crippen molar-refractivity contribution in [3.8, 4) is 0 Å². The predicted octanol–water partition coefficient (Wildman–Crippen LogP) is 3.78. The number of carbonyl (C=O) groups excluding carboxylic acids is 1. The minimum absolute atomic E-state index is 0.0568. The second kappa shape index (κ2) is 10.6. The lowest BCUT2D eigenvalue weighted by atomic mass is 9.74. The highest BCUT2D eigenvalue weighted by Gasteiger charge is 2.38. The zero-order valence-electron chi connectivity index (χ0n) is 19.3. The molecule has 3 N–H and O–H groups in total. The molecule has 1 atom stereocenters. The Morgan fingerprint density at radius 2 is 1.69 bits per heavy atom. The Morgan fingerprint density at radius 1 is 1.06 bits per heavy atom. The summed E-state index contributed by atoms with van der Waals surface area (Å²) in [6.45, 7) is 2.16. The van der Waals surface area contributed by atoms with E-state index in [4.69, 9.17) is 0 Å². The van der Waals surface area contributed by atoms with Crippen molar-refractivity contribution in [2.45, 2.75) is 63.1 Å². The Bertz CT molecular complexity index is 906. The van der Waals surface area contributed by atoms with E-state index in [9.17, 15) is 14.7 Å². The van der Waals surface area contributed by atoms with E-state index in [0.717, 1.165) is 37.7 Å². The second-order valence-corrected chi connectivity index (χ2v) is 9.20. The highest BCUT2D eigenvalue weighted by Crippen LogP contribution is 2.36. The van der Waals surface area contributed by atoms with Crippen LogP contribution < -0.4 is 10.6 Å². The molecule has 0 heterocycles. The zero-order chi connectivity index (χ0) is 23.1. The average molecular weight is 438 g/mol. The summed E-state index contributed by atoms with van der Waals surface area (Å²) >= 11 is 0. The normalized spacial score (nSPS) is 21.7. The first-order valence-electron chi connectivity index (χ1n) is 11.3. The fraction of sp³-hybridized carbons (Fsp3) is 0.462. The Hall–Kier alpha value is -2.86. The van der Waals surface area contributed by atoms with Crippen molar-refractivity contribution < 1.29 is 14.7 Å². The maximum atomic E-state index is 12.9. The topological polar surface area (TPSA) is 81.7 Å². The number of likely N-dealkylation sites (N-methyl/N-ethyl adjacent to an activating group) is 1. The molecule has 2 aromatic rings. The molecule has 0 radical (unpaired) electrons. The van der Waals surface area contributed by atoms with Gasteiger partial charge in [-0.25, -0.2) is 4.79 Å². The molecular formula is C26H35N3O3. The van der Waals surface area contributed by atoms with Gasteiger partial charge >= 0.3 is 6.09 Å². The van der Waals surface area contributed by atoms with E-state index in [2.05, 4.69) is 60.8 Å². The first-order chi connectivity index (χ1) is 15.3. The molecular weight excluding hydrogens is 402 g/mol. The van der Waals surface area contributed by atoms with Crippen LogP contribution >= 0.6 is 0 Å². The number of carbonyl (C=O) groups is 2. The molecule has 1 aliphatic rings. The first kappa shape index (κ1) is 23.8. The van der Waals surface area contributed by atoms with Crippen molar-refractivity contribution in [1.29, 1.82) is 0 Å². The maximum Gasteiger partial charge on any atom is 0.405 e.